The predicted molar refractivity (Wildman–Crippen MR) is 67.1 cm³/mol. The average Bonchev–Trinajstić information content (AvgIpc) is 2.20. The average molecular weight is 272 g/mol. The summed E-state index contributed by atoms with van der Waals surface area (Å²) >= 11 is 3.44. The molecule has 0 saturated heterocycles. The highest BCUT2D eigenvalue weighted by Crippen LogP contribution is 2.28. The summed E-state index contributed by atoms with van der Waals surface area (Å²) in [6.45, 7) is 6.13. The number of rotatable bonds is 4. The van der Waals surface area contributed by atoms with Crippen molar-refractivity contribution in [2.75, 3.05) is 0 Å². The third-order valence-electron chi connectivity index (χ3n) is 2.37. The predicted octanol–water partition coefficient (Wildman–Crippen LogP) is 3.65. The summed E-state index contributed by atoms with van der Waals surface area (Å²) in [5, 5.41) is 0. The molecule has 15 heavy (non-hydrogen) atoms. The zero-order chi connectivity index (χ0) is 11.4. The molecule has 0 saturated carbocycles. The summed E-state index contributed by atoms with van der Waals surface area (Å²) in [5.41, 5.74) is 6.95. The Bertz CT molecular complexity index is 325. The minimum Gasteiger partial charge on any atom is -0.490 e. The van der Waals surface area contributed by atoms with Gasteiger partial charge in [0.1, 0.15) is 5.75 Å². The van der Waals surface area contributed by atoms with E-state index in [-0.39, 0.29) is 12.1 Å². The Balaban J connectivity index is 2.95. The quantitative estimate of drug-likeness (QED) is 0.908. The molecule has 1 aromatic rings. The first-order valence-electron chi connectivity index (χ1n) is 5.26. The minimum absolute atomic E-state index is 0.0124. The van der Waals surface area contributed by atoms with Gasteiger partial charge in [0.25, 0.3) is 0 Å². The van der Waals surface area contributed by atoms with Crippen LogP contribution >= 0.6 is 15.9 Å². The van der Waals surface area contributed by atoms with Crippen LogP contribution in [0.5, 0.6) is 5.75 Å². The highest BCUT2D eigenvalue weighted by molar-refractivity contribution is 9.10. The fourth-order valence-corrected chi connectivity index (χ4v) is 1.66. The van der Waals surface area contributed by atoms with E-state index in [1.807, 2.05) is 25.1 Å². The fraction of sp³-hybridized carbons (Fsp3) is 0.500. The Morgan fingerprint density at radius 2 is 2.07 bits per heavy atom. The third kappa shape index (κ3) is 3.50. The van der Waals surface area contributed by atoms with Crippen molar-refractivity contribution in [3.05, 3.63) is 28.2 Å². The van der Waals surface area contributed by atoms with Gasteiger partial charge in [0.05, 0.1) is 6.10 Å². The van der Waals surface area contributed by atoms with E-state index >= 15 is 0 Å². The van der Waals surface area contributed by atoms with Gasteiger partial charge in [0.2, 0.25) is 0 Å². The van der Waals surface area contributed by atoms with Gasteiger partial charge in [-0.15, -0.1) is 0 Å². The van der Waals surface area contributed by atoms with E-state index in [2.05, 4.69) is 29.8 Å². The lowest BCUT2D eigenvalue weighted by Gasteiger charge is -2.18. The molecule has 2 unspecified atom stereocenters. The van der Waals surface area contributed by atoms with Gasteiger partial charge in [-0.25, -0.2) is 0 Å². The highest BCUT2D eigenvalue weighted by atomic mass is 79.9. The first-order chi connectivity index (χ1) is 7.04. The van der Waals surface area contributed by atoms with Crippen LogP contribution in [-0.2, 0) is 0 Å². The Kier molecular flexibility index (Phi) is 4.61. The van der Waals surface area contributed by atoms with Crippen molar-refractivity contribution in [3.8, 4) is 5.75 Å². The lowest BCUT2D eigenvalue weighted by Crippen LogP contribution is -2.14. The fourth-order valence-electron chi connectivity index (χ4n) is 1.28. The van der Waals surface area contributed by atoms with E-state index in [0.29, 0.717) is 0 Å². The van der Waals surface area contributed by atoms with Crippen LogP contribution in [0.25, 0.3) is 0 Å². The van der Waals surface area contributed by atoms with Gasteiger partial charge in [0.15, 0.2) is 0 Å². The van der Waals surface area contributed by atoms with Crippen LogP contribution in [0.15, 0.2) is 22.7 Å². The molecule has 0 heterocycles. The Morgan fingerprint density at radius 1 is 1.40 bits per heavy atom. The summed E-state index contributed by atoms with van der Waals surface area (Å²) in [6, 6.07) is 5.95. The van der Waals surface area contributed by atoms with Crippen molar-refractivity contribution in [1.82, 2.24) is 0 Å². The van der Waals surface area contributed by atoms with Crippen molar-refractivity contribution in [1.29, 1.82) is 0 Å². The van der Waals surface area contributed by atoms with E-state index in [0.717, 1.165) is 22.2 Å². The van der Waals surface area contributed by atoms with Crippen LogP contribution in [-0.4, -0.2) is 6.10 Å². The van der Waals surface area contributed by atoms with Crippen LogP contribution in [0.2, 0.25) is 0 Å². The van der Waals surface area contributed by atoms with E-state index in [1.165, 1.54) is 0 Å². The standard InChI is InChI=1S/C12H18BrNO/c1-4-8(2)15-12-6-5-10(13)7-11(12)9(3)14/h5-9H,4,14H2,1-3H3. The van der Waals surface area contributed by atoms with Crippen molar-refractivity contribution in [2.24, 2.45) is 5.73 Å². The Labute approximate surface area is 99.9 Å². The number of benzene rings is 1. The summed E-state index contributed by atoms with van der Waals surface area (Å²) in [4.78, 5) is 0. The van der Waals surface area contributed by atoms with Crippen LogP contribution < -0.4 is 10.5 Å². The molecule has 0 aliphatic heterocycles. The van der Waals surface area contributed by atoms with Gasteiger partial charge in [-0.2, -0.15) is 0 Å². The third-order valence-corrected chi connectivity index (χ3v) is 2.86. The van der Waals surface area contributed by atoms with Crippen LogP contribution in [0, 0.1) is 0 Å². The summed E-state index contributed by atoms with van der Waals surface area (Å²) < 4.78 is 6.84. The monoisotopic (exact) mass is 271 g/mol. The molecule has 0 spiro atoms. The molecule has 0 aliphatic rings. The van der Waals surface area contributed by atoms with Crippen molar-refractivity contribution < 1.29 is 4.74 Å². The van der Waals surface area contributed by atoms with Crippen LogP contribution in [0.3, 0.4) is 0 Å². The Hall–Kier alpha value is -0.540. The number of hydrogen-bond acceptors (Lipinski definition) is 2. The van der Waals surface area contributed by atoms with Crippen LogP contribution in [0.1, 0.15) is 38.8 Å². The smallest absolute Gasteiger partial charge is 0.124 e. The molecule has 2 nitrogen and oxygen atoms in total. The van der Waals surface area contributed by atoms with Gasteiger partial charge in [-0.3, -0.25) is 0 Å². The molecular weight excluding hydrogens is 254 g/mol. The molecule has 84 valence electrons. The van der Waals surface area contributed by atoms with E-state index in [9.17, 15) is 0 Å². The summed E-state index contributed by atoms with van der Waals surface area (Å²) in [7, 11) is 0. The zero-order valence-corrected chi connectivity index (χ0v) is 11.0. The van der Waals surface area contributed by atoms with E-state index < -0.39 is 0 Å². The summed E-state index contributed by atoms with van der Waals surface area (Å²) in [6.07, 6.45) is 1.22. The molecule has 0 bridgehead atoms. The molecule has 1 aromatic carbocycles. The van der Waals surface area contributed by atoms with Gasteiger partial charge in [-0.05, 0) is 38.5 Å². The second kappa shape index (κ2) is 5.52. The minimum atomic E-state index is -0.0124. The lowest BCUT2D eigenvalue weighted by atomic mass is 10.1. The second-order valence-electron chi connectivity index (χ2n) is 3.81. The summed E-state index contributed by atoms with van der Waals surface area (Å²) in [5.74, 6) is 0.891. The van der Waals surface area contributed by atoms with Crippen molar-refractivity contribution >= 4 is 15.9 Å². The molecule has 0 amide bonds. The van der Waals surface area contributed by atoms with Gasteiger partial charge in [-0.1, -0.05) is 22.9 Å². The molecule has 0 fully saturated rings. The highest BCUT2D eigenvalue weighted by Gasteiger charge is 2.10. The number of nitrogens with two attached hydrogens (primary N) is 1. The van der Waals surface area contributed by atoms with Crippen molar-refractivity contribution in [2.45, 2.75) is 39.3 Å². The topological polar surface area (TPSA) is 35.2 Å². The number of halogens is 1. The SMILES string of the molecule is CCC(C)Oc1ccc(Br)cc1C(C)N. The van der Waals surface area contributed by atoms with Gasteiger partial charge >= 0.3 is 0 Å². The first-order valence-corrected chi connectivity index (χ1v) is 6.05. The Morgan fingerprint density at radius 3 is 2.60 bits per heavy atom. The lowest BCUT2D eigenvalue weighted by molar-refractivity contribution is 0.214. The molecule has 0 radical (unpaired) electrons. The van der Waals surface area contributed by atoms with Gasteiger partial charge in [0, 0.05) is 16.1 Å². The molecule has 2 N–H and O–H groups in total. The maximum Gasteiger partial charge on any atom is 0.124 e. The maximum atomic E-state index is 5.90. The van der Waals surface area contributed by atoms with E-state index in [4.69, 9.17) is 10.5 Å². The number of ether oxygens (including phenoxy) is 1. The normalized spacial score (nSPS) is 14.7. The van der Waals surface area contributed by atoms with Crippen molar-refractivity contribution in [3.63, 3.8) is 0 Å². The molecule has 0 aromatic heterocycles. The molecule has 0 aliphatic carbocycles. The largest absolute Gasteiger partial charge is 0.490 e. The van der Waals surface area contributed by atoms with E-state index in [1.54, 1.807) is 0 Å². The molecule has 1 rings (SSSR count). The second-order valence-corrected chi connectivity index (χ2v) is 4.72. The van der Waals surface area contributed by atoms with Crippen LogP contribution in [0.4, 0.5) is 0 Å². The first kappa shape index (κ1) is 12.5. The molecular formula is C12H18BrNO. The van der Waals surface area contributed by atoms with Gasteiger partial charge < -0.3 is 10.5 Å². The molecule has 2 atom stereocenters. The number of hydrogen-bond donors (Lipinski definition) is 1. The molecule has 3 heteroatoms. The maximum absolute atomic E-state index is 5.90. The zero-order valence-electron chi connectivity index (χ0n) is 9.46.